The van der Waals surface area contributed by atoms with E-state index in [2.05, 4.69) is 5.32 Å². The number of nitrogens with one attached hydrogen (secondary N) is 1. The predicted molar refractivity (Wildman–Crippen MR) is 105 cm³/mol. The Bertz CT molecular complexity index is 702. The molecule has 8 heteroatoms. The van der Waals surface area contributed by atoms with E-state index in [0.717, 1.165) is 5.56 Å². The van der Waals surface area contributed by atoms with Crippen LogP contribution in [-0.4, -0.2) is 72.5 Å². The Morgan fingerprint density at radius 2 is 1.93 bits per heavy atom. The Balaban J connectivity index is 2.13. The second-order valence-electron chi connectivity index (χ2n) is 7.56. The molecule has 2 N–H and O–H groups in total. The number of ether oxygens (including phenoxy) is 1. The van der Waals surface area contributed by atoms with Gasteiger partial charge >= 0.3 is 0 Å². The molecule has 154 valence electrons. The Hall–Kier alpha value is -2.45. The Labute approximate surface area is 165 Å². The van der Waals surface area contributed by atoms with Crippen molar-refractivity contribution >= 4 is 23.4 Å². The van der Waals surface area contributed by atoms with Crippen LogP contribution in [0.4, 0.5) is 5.69 Å². The molecule has 1 aromatic carbocycles. The van der Waals surface area contributed by atoms with Crippen molar-refractivity contribution in [2.75, 3.05) is 39.2 Å². The number of morpholine rings is 1. The molecule has 1 saturated heterocycles. The lowest BCUT2D eigenvalue weighted by Crippen LogP contribution is -2.55. The zero-order valence-electron chi connectivity index (χ0n) is 16.8. The van der Waals surface area contributed by atoms with Gasteiger partial charge in [-0.1, -0.05) is 26.0 Å². The molecule has 0 spiro atoms. The van der Waals surface area contributed by atoms with Crippen LogP contribution in [0.3, 0.4) is 0 Å². The van der Waals surface area contributed by atoms with Gasteiger partial charge in [0.15, 0.2) is 0 Å². The number of likely N-dealkylation sites (N-methyl/N-ethyl adjacent to an activating group) is 1. The van der Waals surface area contributed by atoms with Crippen LogP contribution in [0.15, 0.2) is 24.3 Å². The SMILES string of the molecule is CC(C)CC(=O)Nc1ccc(C2OCC(=O)N(CC(=O)N(C)C)C2CO)cc1. The summed E-state index contributed by atoms with van der Waals surface area (Å²) in [6.07, 6.45) is -0.116. The zero-order valence-corrected chi connectivity index (χ0v) is 16.8. The number of aliphatic hydroxyl groups is 1. The Kier molecular flexibility index (Phi) is 7.53. The number of hydrogen-bond acceptors (Lipinski definition) is 5. The van der Waals surface area contributed by atoms with E-state index in [1.54, 1.807) is 38.4 Å². The molecule has 0 saturated carbocycles. The average Bonchev–Trinajstić information content (AvgIpc) is 2.63. The second kappa shape index (κ2) is 9.66. The van der Waals surface area contributed by atoms with Crippen molar-refractivity contribution in [2.45, 2.75) is 32.4 Å². The van der Waals surface area contributed by atoms with Crippen LogP contribution >= 0.6 is 0 Å². The highest BCUT2D eigenvalue weighted by atomic mass is 16.5. The molecular formula is C20H29N3O5. The Morgan fingerprint density at radius 3 is 2.46 bits per heavy atom. The van der Waals surface area contributed by atoms with Gasteiger partial charge in [0.25, 0.3) is 0 Å². The lowest BCUT2D eigenvalue weighted by atomic mass is 9.99. The van der Waals surface area contributed by atoms with Crippen molar-refractivity contribution in [3.05, 3.63) is 29.8 Å². The van der Waals surface area contributed by atoms with Gasteiger partial charge in [-0.3, -0.25) is 14.4 Å². The first-order valence-corrected chi connectivity index (χ1v) is 9.34. The number of hydrogen-bond donors (Lipinski definition) is 2. The van der Waals surface area contributed by atoms with Gasteiger partial charge in [0, 0.05) is 26.2 Å². The molecule has 8 nitrogen and oxygen atoms in total. The molecular weight excluding hydrogens is 362 g/mol. The number of aliphatic hydroxyl groups excluding tert-OH is 1. The molecule has 0 aromatic heterocycles. The molecule has 1 aliphatic rings. The van der Waals surface area contributed by atoms with Crippen molar-refractivity contribution in [1.82, 2.24) is 9.80 Å². The van der Waals surface area contributed by atoms with Crippen molar-refractivity contribution < 1.29 is 24.2 Å². The smallest absolute Gasteiger partial charge is 0.249 e. The highest BCUT2D eigenvalue weighted by Gasteiger charge is 2.38. The molecule has 1 aromatic rings. The summed E-state index contributed by atoms with van der Waals surface area (Å²) < 4.78 is 5.66. The molecule has 0 aliphatic carbocycles. The van der Waals surface area contributed by atoms with Gasteiger partial charge < -0.3 is 25.0 Å². The fourth-order valence-electron chi connectivity index (χ4n) is 3.05. The van der Waals surface area contributed by atoms with Gasteiger partial charge in [0.1, 0.15) is 19.3 Å². The van der Waals surface area contributed by atoms with E-state index < -0.39 is 12.1 Å². The predicted octanol–water partition coefficient (Wildman–Crippen LogP) is 1.02. The number of rotatable bonds is 7. The molecule has 1 aliphatic heterocycles. The van der Waals surface area contributed by atoms with Gasteiger partial charge in [-0.05, 0) is 23.6 Å². The van der Waals surface area contributed by atoms with E-state index >= 15 is 0 Å². The van der Waals surface area contributed by atoms with Gasteiger partial charge in [0.05, 0.1) is 12.6 Å². The van der Waals surface area contributed by atoms with Crippen molar-refractivity contribution in [2.24, 2.45) is 5.92 Å². The van der Waals surface area contributed by atoms with E-state index in [1.165, 1.54) is 9.80 Å². The van der Waals surface area contributed by atoms with Crippen LogP contribution in [0.5, 0.6) is 0 Å². The normalized spacial score (nSPS) is 19.6. The second-order valence-corrected chi connectivity index (χ2v) is 7.56. The largest absolute Gasteiger partial charge is 0.394 e. The van der Waals surface area contributed by atoms with E-state index in [1.807, 2.05) is 13.8 Å². The summed E-state index contributed by atoms with van der Waals surface area (Å²) >= 11 is 0. The summed E-state index contributed by atoms with van der Waals surface area (Å²) in [4.78, 5) is 39.0. The van der Waals surface area contributed by atoms with Crippen LogP contribution in [0.2, 0.25) is 0 Å². The number of carbonyl (C=O) groups excluding carboxylic acids is 3. The van der Waals surface area contributed by atoms with Gasteiger partial charge in [-0.15, -0.1) is 0 Å². The van der Waals surface area contributed by atoms with Gasteiger partial charge in [-0.25, -0.2) is 0 Å². The first kappa shape index (κ1) is 21.8. The van der Waals surface area contributed by atoms with E-state index in [9.17, 15) is 19.5 Å². The van der Waals surface area contributed by atoms with E-state index in [0.29, 0.717) is 12.1 Å². The molecule has 2 rings (SSSR count). The number of carbonyl (C=O) groups is 3. The van der Waals surface area contributed by atoms with Gasteiger partial charge in [0.2, 0.25) is 17.7 Å². The summed E-state index contributed by atoms with van der Waals surface area (Å²) in [7, 11) is 3.23. The monoisotopic (exact) mass is 391 g/mol. The van der Waals surface area contributed by atoms with Crippen LogP contribution in [0.25, 0.3) is 0 Å². The number of nitrogens with zero attached hydrogens (tertiary/aromatic N) is 2. The average molecular weight is 391 g/mol. The molecule has 1 fully saturated rings. The summed E-state index contributed by atoms with van der Waals surface area (Å²) in [5.41, 5.74) is 1.43. The number of benzene rings is 1. The van der Waals surface area contributed by atoms with Crippen LogP contribution in [0.1, 0.15) is 31.9 Å². The maximum atomic E-state index is 12.2. The maximum absolute atomic E-state index is 12.2. The maximum Gasteiger partial charge on any atom is 0.249 e. The van der Waals surface area contributed by atoms with Crippen LogP contribution < -0.4 is 5.32 Å². The summed E-state index contributed by atoms with van der Waals surface area (Å²) in [6, 6.07) is 6.44. The minimum atomic E-state index is -0.661. The quantitative estimate of drug-likeness (QED) is 0.723. The lowest BCUT2D eigenvalue weighted by Gasteiger charge is -2.40. The zero-order chi connectivity index (χ0) is 20.8. The van der Waals surface area contributed by atoms with Crippen molar-refractivity contribution in [3.63, 3.8) is 0 Å². The van der Waals surface area contributed by atoms with Crippen molar-refractivity contribution in [3.8, 4) is 0 Å². The molecule has 28 heavy (non-hydrogen) atoms. The molecule has 3 amide bonds. The lowest BCUT2D eigenvalue weighted by molar-refractivity contribution is -0.164. The third-order valence-corrected chi connectivity index (χ3v) is 4.56. The van der Waals surface area contributed by atoms with Crippen LogP contribution in [0, 0.1) is 5.92 Å². The third-order valence-electron chi connectivity index (χ3n) is 4.56. The molecule has 0 radical (unpaired) electrons. The minimum Gasteiger partial charge on any atom is -0.394 e. The standard InChI is InChI=1S/C20H29N3O5/c1-13(2)9-17(25)21-15-7-5-14(6-8-15)20-16(11-24)23(19(27)12-28-20)10-18(26)22(3)4/h5-8,13,16,20,24H,9-12H2,1-4H3,(H,21,25). The topological polar surface area (TPSA) is 99.2 Å². The summed E-state index contributed by atoms with van der Waals surface area (Å²) in [5.74, 6) is -0.337. The minimum absolute atomic E-state index is 0.0520. The van der Waals surface area contributed by atoms with Crippen molar-refractivity contribution in [1.29, 1.82) is 0 Å². The first-order valence-electron chi connectivity index (χ1n) is 9.34. The Morgan fingerprint density at radius 1 is 1.29 bits per heavy atom. The van der Waals surface area contributed by atoms with Gasteiger partial charge in [-0.2, -0.15) is 0 Å². The molecule has 2 atom stereocenters. The van der Waals surface area contributed by atoms with E-state index in [4.69, 9.17) is 4.74 Å². The highest BCUT2D eigenvalue weighted by Crippen LogP contribution is 2.30. The summed E-state index contributed by atoms with van der Waals surface area (Å²) in [6.45, 7) is 3.36. The molecule has 0 bridgehead atoms. The fraction of sp³-hybridized carbons (Fsp3) is 0.550. The molecule has 2 unspecified atom stereocenters. The fourth-order valence-corrected chi connectivity index (χ4v) is 3.05. The number of anilines is 1. The molecule has 1 heterocycles. The third kappa shape index (κ3) is 5.53. The highest BCUT2D eigenvalue weighted by molar-refractivity contribution is 5.90. The summed E-state index contributed by atoms with van der Waals surface area (Å²) in [5, 5.41) is 12.7. The number of amides is 3. The van der Waals surface area contributed by atoms with E-state index in [-0.39, 0.29) is 43.4 Å². The van der Waals surface area contributed by atoms with Crippen LogP contribution in [-0.2, 0) is 19.1 Å². The first-order chi connectivity index (χ1) is 13.2.